The monoisotopic (exact) mass is 263 g/mol. The van der Waals surface area contributed by atoms with Gasteiger partial charge in [-0.1, -0.05) is 32.6 Å². The van der Waals surface area contributed by atoms with E-state index in [9.17, 15) is 9.59 Å². The first-order valence-corrected chi connectivity index (χ1v) is 6.75. The van der Waals surface area contributed by atoms with Gasteiger partial charge in [-0.2, -0.15) is 0 Å². The van der Waals surface area contributed by atoms with E-state index >= 15 is 0 Å². The molecule has 1 aromatic rings. The quantitative estimate of drug-likeness (QED) is 0.422. The summed E-state index contributed by atoms with van der Waals surface area (Å²) in [6.45, 7) is 2.64. The summed E-state index contributed by atoms with van der Waals surface area (Å²) in [5, 5.41) is 2.51. The van der Waals surface area contributed by atoms with Crippen molar-refractivity contribution in [3.05, 3.63) is 29.8 Å². The van der Waals surface area contributed by atoms with Gasteiger partial charge in [-0.15, -0.1) is 0 Å². The van der Waals surface area contributed by atoms with Crippen LogP contribution in [-0.4, -0.2) is 19.0 Å². The van der Waals surface area contributed by atoms with Gasteiger partial charge in [-0.05, 0) is 30.7 Å². The summed E-state index contributed by atoms with van der Waals surface area (Å²) in [4.78, 5) is 21.9. The molecule has 0 unspecified atom stereocenters. The van der Waals surface area contributed by atoms with E-state index in [0.29, 0.717) is 24.3 Å². The Labute approximate surface area is 114 Å². The van der Waals surface area contributed by atoms with E-state index in [2.05, 4.69) is 12.2 Å². The molecule has 0 bridgehead atoms. The maximum absolute atomic E-state index is 11.7. The number of hydrogen-bond acceptors (Lipinski definition) is 3. The van der Waals surface area contributed by atoms with Crippen LogP contribution in [0.1, 0.15) is 49.4 Å². The fourth-order valence-corrected chi connectivity index (χ4v) is 1.72. The van der Waals surface area contributed by atoms with Crippen molar-refractivity contribution in [1.82, 2.24) is 0 Å². The minimum atomic E-state index is -0.312. The van der Waals surface area contributed by atoms with Gasteiger partial charge < -0.3 is 10.1 Å². The van der Waals surface area contributed by atoms with Crippen LogP contribution in [0.4, 0.5) is 5.69 Å². The number of rotatable bonds is 9. The van der Waals surface area contributed by atoms with Gasteiger partial charge in [-0.25, -0.2) is 4.79 Å². The summed E-state index contributed by atoms with van der Waals surface area (Å²) in [7, 11) is 0. The Bertz CT molecular complexity index is 387. The number of esters is 1. The third-order valence-corrected chi connectivity index (χ3v) is 2.83. The molecule has 0 aliphatic rings. The van der Waals surface area contributed by atoms with Crippen LogP contribution in [0.2, 0.25) is 0 Å². The zero-order valence-corrected chi connectivity index (χ0v) is 11.4. The number of nitrogens with one attached hydrogen (secondary N) is 1. The Kier molecular flexibility index (Phi) is 7.32. The molecule has 1 amide bonds. The summed E-state index contributed by atoms with van der Waals surface area (Å²) in [6, 6.07) is 6.63. The molecule has 0 aliphatic heterocycles. The number of ether oxygens (including phenoxy) is 1. The molecule has 0 heterocycles. The average molecular weight is 263 g/mol. The fraction of sp³-hybridized carbons (Fsp3) is 0.467. The van der Waals surface area contributed by atoms with Crippen LogP contribution in [0.3, 0.4) is 0 Å². The molecular formula is C15H21NO3. The van der Waals surface area contributed by atoms with Crippen LogP contribution in [0.25, 0.3) is 0 Å². The zero-order valence-electron chi connectivity index (χ0n) is 11.4. The highest BCUT2D eigenvalue weighted by Gasteiger charge is 2.06. The second-order valence-corrected chi connectivity index (χ2v) is 4.39. The molecule has 0 spiro atoms. The summed E-state index contributed by atoms with van der Waals surface area (Å²) >= 11 is 0. The van der Waals surface area contributed by atoms with Crippen LogP contribution in [0.15, 0.2) is 24.3 Å². The number of unbranched alkanes of at least 4 members (excludes halogenated alkanes) is 4. The van der Waals surface area contributed by atoms with Gasteiger partial charge in [0.1, 0.15) is 0 Å². The number of hydrogen-bond donors (Lipinski definition) is 1. The van der Waals surface area contributed by atoms with Crippen molar-refractivity contribution in [3.8, 4) is 0 Å². The van der Waals surface area contributed by atoms with Gasteiger partial charge >= 0.3 is 5.97 Å². The third-order valence-electron chi connectivity index (χ3n) is 2.83. The molecule has 0 atom stereocenters. The number of amides is 1. The van der Waals surface area contributed by atoms with E-state index in [1.54, 1.807) is 24.3 Å². The maximum Gasteiger partial charge on any atom is 0.338 e. The lowest BCUT2D eigenvalue weighted by Gasteiger charge is -2.05. The number of carbonyl (C=O) groups is 2. The molecule has 0 aromatic heterocycles. The van der Waals surface area contributed by atoms with Crippen LogP contribution in [0, 0.1) is 0 Å². The highest BCUT2D eigenvalue weighted by molar-refractivity contribution is 5.90. The lowest BCUT2D eigenvalue weighted by molar-refractivity contribution is -0.105. The summed E-state index contributed by atoms with van der Waals surface area (Å²) in [6.07, 6.45) is 6.25. The van der Waals surface area contributed by atoms with E-state index < -0.39 is 0 Å². The van der Waals surface area contributed by atoms with Gasteiger partial charge in [0.2, 0.25) is 6.41 Å². The Hall–Kier alpha value is -1.84. The molecule has 4 nitrogen and oxygen atoms in total. The van der Waals surface area contributed by atoms with Crippen molar-refractivity contribution < 1.29 is 14.3 Å². The normalized spacial score (nSPS) is 9.95. The lowest BCUT2D eigenvalue weighted by atomic mass is 10.2. The van der Waals surface area contributed by atoms with Crippen molar-refractivity contribution in [2.24, 2.45) is 0 Å². The summed E-state index contributed by atoms with van der Waals surface area (Å²) in [5.74, 6) is -0.312. The smallest absolute Gasteiger partial charge is 0.338 e. The van der Waals surface area contributed by atoms with Gasteiger partial charge in [0.25, 0.3) is 0 Å². The molecule has 1 rings (SSSR count). The van der Waals surface area contributed by atoms with Crippen LogP contribution in [0.5, 0.6) is 0 Å². The van der Waals surface area contributed by atoms with Crippen molar-refractivity contribution in [2.75, 3.05) is 11.9 Å². The van der Waals surface area contributed by atoms with E-state index in [0.717, 1.165) is 12.8 Å². The standard InChI is InChI=1S/C15H21NO3/c1-2-3-4-5-6-11-19-15(18)13-7-9-14(10-8-13)16-12-17/h7-10,12H,2-6,11H2,1H3,(H,16,17). The molecule has 0 saturated heterocycles. The number of carbonyl (C=O) groups excluding carboxylic acids is 2. The highest BCUT2D eigenvalue weighted by Crippen LogP contribution is 2.10. The molecule has 1 N–H and O–H groups in total. The molecule has 4 heteroatoms. The molecule has 104 valence electrons. The van der Waals surface area contributed by atoms with Gasteiger partial charge in [0.15, 0.2) is 0 Å². The van der Waals surface area contributed by atoms with Crippen LogP contribution >= 0.6 is 0 Å². The molecule has 0 aliphatic carbocycles. The largest absolute Gasteiger partial charge is 0.462 e. The maximum atomic E-state index is 11.7. The van der Waals surface area contributed by atoms with Crippen molar-refractivity contribution in [2.45, 2.75) is 39.0 Å². The molecule has 0 fully saturated rings. The van der Waals surface area contributed by atoms with Crippen LogP contribution < -0.4 is 5.32 Å². The Morgan fingerprint density at radius 3 is 2.47 bits per heavy atom. The predicted molar refractivity (Wildman–Crippen MR) is 75.2 cm³/mol. The van der Waals surface area contributed by atoms with Gasteiger partial charge in [0.05, 0.1) is 12.2 Å². The molecular weight excluding hydrogens is 242 g/mol. The molecule has 0 saturated carbocycles. The molecule has 1 aromatic carbocycles. The van der Waals surface area contributed by atoms with Crippen molar-refractivity contribution in [3.63, 3.8) is 0 Å². The summed E-state index contributed by atoms with van der Waals surface area (Å²) in [5.41, 5.74) is 1.16. The third kappa shape index (κ3) is 6.04. The average Bonchev–Trinajstić information content (AvgIpc) is 2.43. The van der Waals surface area contributed by atoms with Gasteiger partial charge in [-0.3, -0.25) is 4.79 Å². The van der Waals surface area contributed by atoms with Crippen molar-refractivity contribution >= 4 is 18.1 Å². The SMILES string of the molecule is CCCCCCCOC(=O)c1ccc(NC=O)cc1. The molecule has 19 heavy (non-hydrogen) atoms. The number of benzene rings is 1. The van der Waals surface area contributed by atoms with Gasteiger partial charge in [0, 0.05) is 5.69 Å². The molecule has 0 radical (unpaired) electrons. The second-order valence-electron chi connectivity index (χ2n) is 4.39. The Morgan fingerprint density at radius 1 is 1.16 bits per heavy atom. The van der Waals surface area contributed by atoms with Crippen LogP contribution in [-0.2, 0) is 9.53 Å². The Morgan fingerprint density at radius 2 is 1.84 bits per heavy atom. The van der Waals surface area contributed by atoms with Crippen molar-refractivity contribution in [1.29, 1.82) is 0 Å². The summed E-state index contributed by atoms with van der Waals surface area (Å²) < 4.78 is 5.18. The van der Waals surface area contributed by atoms with E-state index in [1.807, 2.05) is 0 Å². The first-order valence-electron chi connectivity index (χ1n) is 6.75. The van der Waals surface area contributed by atoms with E-state index in [1.165, 1.54) is 19.3 Å². The van der Waals surface area contributed by atoms with E-state index in [-0.39, 0.29) is 5.97 Å². The predicted octanol–water partition coefficient (Wildman–Crippen LogP) is 3.38. The first kappa shape index (κ1) is 15.2. The topological polar surface area (TPSA) is 55.4 Å². The zero-order chi connectivity index (χ0) is 13.9. The minimum absolute atomic E-state index is 0.312. The number of anilines is 1. The lowest BCUT2D eigenvalue weighted by Crippen LogP contribution is -2.06. The minimum Gasteiger partial charge on any atom is -0.462 e. The first-order chi connectivity index (χ1) is 9.27. The highest BCUT2D eigenvalue weighted by atomic mass is 16.5. The Balaban J connectivity index is 2.27. The second kappa shape index (κ2) is 9.14. The fourth-order valence-electron chi connectivity index (χ4n) is 1.72. The van der Waals surface area contributed by atoms with E-state index in [4.69, 9.17) is 4.74 Å².